The van der Waals surface area contributed by atoms with E-state index in [2.05, 4.69) is 43.4 Å². The summed E-state index contributed by atoms with van der Waals surface area (Å²) in [6.45, 7) is 4.34. The third-order valence-corrected chi connectivity index (χ3v) is 6.03. The van der Waals surface area contributed by atoms with Gasteiger partial charge in [-0.3, -0.25) is 4.79 Å². The third kappa shape index (κ3) is 3.06. The highest BCUT2D eigenvalue weighted by molar-refractivity contribution is 7.11. The number of thiophene rings is 1. The van der Waals surface area contributed by atoms with Gasteiger partial charge in [0.2, 0.25) is 5.91 Å². The van der Waals surface area contributed by atoms with Crippen LogP contribution in [0.1, 0.15) is 48.1 Å². The SMILES string of the molecule is CC(C)c1ccc([C@H]2CC(=O)Nc3c(-c4cccc(F)c4)csc32)cc1. The molecule has 1 N–H and O–H groups in total. The summed E-state index contributed by atoms with van der Waals surface area (Å²) in [6, 6.07) is 15.1. The topological polar surface area (TPSA) is 29.1 Å². The van der Waals surface area contributed by atoms with Crippen molar-refractivity contribution in [3.05, 3.63) is 75.7 Å². The van der Waals surface area contributed by atoms with E-state index < -0.39 is 0 Å². The van der Waals surface area contributed by atoms with Crippen molar-refractivity contribution < 1.29 is 9.18 Å². The Morgan fingerprint density at radius 2 is 1.92 bits per heavy atom. The Labute approximate surface area is 156 Å². The molecule has 4 rings (SSSR count). The third-order valence-electron chi connectivity index (χ3n) is 4.93. The lowest BCUT2D eigenvalue weighted by atomic mass is 9.88. The van der Waals surface area contributed by atoms with Crippen LogP contribution in [0.5, 0.6) is 0 Å². The van der Waals surface area contributed by atoms with Crippen molar-refractivity contribution in [2.75, 3.05) is 5.32 Å². The number of nitrogens with one attached hydrogen (secondary N) is 1. The highest BCUT2D eigenvalue weighted by Crippen LogP contribution is 2.46. The molecular weight excluding hydrogens is 345 g/mol. The molecule has 132 valence electrons. The average molecular weight is 365 g/mol. The smallest absolute Gasteiger partial charge is 0.225 e. The van der Waals surface area contributed by atoms with Gasteiger partial charge >= 0.3 is 0 Å². The zero-order valence-electron chi connectivity index (χ0n) is 14.8. The summed E-state index contributed by atoms with van der Waals surface area (Å²) in [5.74, 6) is 0.264. The maximum atomic E-state index is 13.6. The fourth-order valence-corrected chi connectivity index (χ4v) is 4.64. The molecule has 0 aliphatic carbocycles. The molecule has 2 heterocycles. The first-order valence-electron chi connectivity index (χ1n) is 8.80. The molecule has 0 fully saturated rings. The van der Waals surface area contributed by atoms with Crippen LogP contribution in [0, 0.1) is 5.82 Å². The maximum Gasteiger partial charge on any atom is 0.225 e. The molecular formula is C22H20FNOS. The number of rotatable bonds is 3. The second-order valence-electron chi connectivity index (χ2n) is 7.03. The van der Waals surface area contributed by atoms with E-state index in [1.165, 1.54) is 17.7 Å². The quantitative estimate of drug-likeness (QED) is 0.592. The van der Waals surface area contributed by atoms with E-state index in [0.29, 0.717) is 12.3 Å². The number of anilines is 1. The number of carbonyl (C=O) groups excluding carboxylic acids is 1. The van der Waals surface area contributed by atoms with Crippen LogP contribution in [0.15, 0.2) is 53.9 Å². The normalized spacial score (nSPS) is 16.5. The molecule has 3 aromatic rings. The van der Waals surface area contributed by atoms with Crippen LogP contribution < -0.4 is 5.32 Å². The van der Waals surface area contributed by atoms with Crippen molar-refractivity contribution in [1.29, 1.82) is 0 Å². The van der Waals surface area contributed by atoms with Crippen LogP contribution in [0.25, 0.3) is 11.1 Å². The summed E-state index contributed by atoms with van der Waals surface area (Å²) in [5.41, 5.74) is 4.95. The Kier molecular flexibility index (Phi) is 4.37. The van der Waals surface area contributed by atoms with Gasteiger partial charge in [0, 0.05) is 28.2 Å². The molecule has 0 saturated heterocycles. The molecule has 2 nitrogen and oxygen atoms in total. The first-order chi connectivity index (χ1) is 12.5. The van der Waals surface area contributed by atoms with E-state index in [9.17, 15) is 9.18 Å². The summed E-state index contributed by atoms with van der Waals surface area (Å²) in [6.07, 6.45) is 0.442. The van der Waals surface area contributed by atoms with Crippen molar-refractivity contribution >= 4 is 22.9 Å². The van der Waals surface area contributed by atoms with Crippen LogP contribution in [0.2, 0.25) is 0 Å². The van der Waals surface area contributed by atoms with Gasteiger partial charge in [0.15, 0.2) is 0 Å². The van der Waals surface area contributed by atoms with Gasteiger partial charge < -0.3 is 5.32 Å². The van der Waals surface area contributed by atoms with Crippen LogP contribution in [0.3, 0.4) is 0 Å². The van der Waals surface area contributed by atoms with Crippen LogP contribution in [-0.2, 0) is 4.79 Å². The molecule has 0 saturated carbocycles. The summed E-state index contributed by atoms with van der Waals surface area (Å²) >= 11 is 1.63. The van der Waals surface area contributed by atoms with Gasteiger partial charge in [0.05, 0.1) is 5.69 Å². The molecule has 26 heavy (non-hydrogen) atoms. The monoisotopic (exact) mass is 365 g/mol. The number of halogens is 1. The van der Waals surface area contributed by atoms with Gasteiger partial charge in [-0.1, -0.05) is 50.2 Å². The molecule has 0 unspecified atom stereocenters. The van der Waals surface area contributed by atoms with Crippen molar-refractivity contribution in [1.82, 2.24) is 0 Å². The summed E-state index contributed by atoms with van der Waals surface area (Å²) in [5, 5.41) is 5.02. The zero-order chi connectivity index (χ0) is 18.3. The van der Waals surface area contributed by atoms with Gasteiger partial charge in [-0.15, -0.1) is 11.3 Å². The van der Waals surface area contributed by atoms with E-state index in [-0.39, 0.29) is 17.6 Å². The molecule has 4 heteroatoms. The highest BCUT2D eigenvalue weighted by atomic mass is 32.1. The van der Waals surface area contributed by atoms with Gasteiger partial charge in [-0.2, -0.15) is 0 Å². The molecule has 1 atom stereocenters. The molecule has 1 amide bonds. The first kappa shape index (κ1) is 17.0. The minimum Gasteiger partial charge on any atom is -0.325 e. The molecule has 0 bridgehead atoms. The van der Waals surface area contributed by atoms with Crippen molar-refractivity contribution in [3.8, 4) is 11.1 Å². The van der Waals surface area contributed by atoms with Crippen LogP contribution >= 0.6 is 11.3 Å². The molecule has 0 spiro atoms. The Hall–Kier alpha value is -2.46. The number of hydrogen-bond donors (Lipinski definition) is 1. The molecule has 2 aromatic carbocycles. The lowest BCUT2D eigenvalue weighted by Gasteiger charge is -2.24. The minimum absolute atomic E-state index is 0.00601. The standard InChI is InChI=1S/C22H20FNOS/c1-13(2)14-6-8-15(9-7-14)18-11-20(25)24-21-19(12-26-22(18)21)16-4-3-5-17(23)10-16/h3-10,12-13,18H,11H2,1-2H3,(H,24,25)/t18-/m1/s1. The Morgan fingerprint density at radius 3 is 2.62 bits per heavy atom. The molecule has 1 aliphatic rings. The van der Waals surface area contributed by atoms with Crippen LogP contribution in [0.4, 0.5) is 10.1 Å². The fourth-order valence-electron chi connectivity index (χ4n) is 3.48. The van der Waals surface area contributed by atoms with E-state index in [0.717, 1.165) is 27.3 Å². The number of fused-ring (bicyclic) bond motifs is 1. The average Bonchev–Trinajstić information content (AvgIpc) is 3.05. The highest BCUT2D eigenvalue weighted by Gasteiger charge is 2.30. The van der Waals surface area contributed by atoms with Crippen molar-refractivity contribution in [2.24, 2.45) is 0 Å². The zero-order valence-corrected chi connectivity index (χ0v) is 15.6. The Morgan fingerprint density at radius 1 is 1.15 bits per heavy atom. The second kappa shape index (κ2) is 6.69. The fraction of sp³-hybridized carbons (Fsp3) is 0.227. The van der Waals surface area contributed by atoms with E-state index in [1.807, 2.05) is 11.4 Å². The molecule has 1 aromatic heterocycles. The van der Waals surface area contributed by atoms with Crippen molar-refractivity contribution in [3.63, 3.8) is 0 Å². The van der Waals surface area contributed by atoms with Gasteiger partial charge in [0.1, 0.15) is 5.82 Å². The number of carbonyl (C=O) groups is 1. The van der Waals surface area contributed by atoms with E-state index >= 15 is 0 Å². The minimum atomic E-state index is -0.273. The van der Waals surface area contributed by atoms with Crippen molar-refractivity contribution in [2.45, 2.75) is 32.1 Å². The second-order valence-corrected chi connectivity index (χ2v) is 7.94. The van der Waals surface area contributed by atoms with Gasteiger partial charge in [0.25, 0.3) is 0 Å². The summed E-state index contributed by atoms with van der Waals surface area (Å²) in [4.78, 5) is 13.5. The predicted molar refractivity (Wildman–Crippen MR) is 105 cm³/mol. The number of amides is 1. The van der Waals surface area contributed by atoms with E-state index in [1.54, 1.807) is 17.4 Å². The summed E-state index contributed by atoms with van der Waals surface area (Å²) in [7, 11) is 0. The maximum absolute atomic E-state index is 13.6. The van der Waals surface area contributed by atoms with Gasteiger partial charge in [-0.25, -0.2) is 4.39 Å². The lowest BCUT2D eigenvalue weighted by molar-refractivity contribution is -0.116. The predicted octanol–water partition coefficient (Wildman–Crippen LogP) is 6.15. The number of hydrogen-bond acceptors (Lipinski definition) is 2. The number of benzene rings is 2. The van der Waals surface area contributed by atoms with E-state index in [4.69, 9.17) is 0 Å². The Bertz CT molecular complexity index is 959. The van der Waals surface area contributed by atoms with Crippen LogP contribution in [-0.4, -0.2) is 5.91 Å². The largest absolute Gasteiger partial charge is 0.325 e. The Balaban J connectivity index is 1.76. The molecule has 1 aliphatic heterocycles. The molecule has 0 radical (unpaired) electrons. The van der Waals surface area contributed by atoms with Gasteiger partial charge in [-0.05, 0) is 34.7 Å². The summed E-state index contributed by atoms with van der Waals surface area (Å²) < 4.78 is 13.6. The first-order valence-corrected chi connectivity index (χ1v) is 9.68. The lowest BCUT2D eigenvalue weighted by Crippen LogP contribution is -2.22.